The molecule has 0 radical (unpaired) electrons. The van der Waals surface area contributed by atoms with Crippen molar-refractivity contribution in [1.29, 1.82) is 0 Å². The number of rotatable bonds is 5. The molecule has 3 unspecified atom stereocenters. The maximum Gasteiger partial charge on any atom is 0.119 e. The number of ether oxygens (including phenoxy) is 1. The highest BCUT2D eigenvalue weighted by Gasteiger charge is 2.30. The molecule has 2 nitrogen and oxygen atoms in total. The van der Waals surface area contributed by atoms with Crippen LogP contribution in [-0.4, -0.2) is 13.7 Å². The van der Waals surface area contributed by atoms with Crippen molar-refractivity contribution in [3.8, 4) is 5.75 Å². The highest BCUT2D eigenvalue weighted by Crippen LogP contribution is 2.39. The van der Waals surface area contributed by atoms with E-state index < -0.39 is 0 Å². The largest absolute Gasteiger partial charge is 0.494 e. The lowest BCUT2D eigenvalue weighted by Gasteiger charge is -2.36. The van der Waals surface area contributed by atoms with Gasteiger partial charge in [-0.3, -0.25) is 0 Å². The minimum atomic E-state index is 0.468. The minimum Gasteiger partial charge on any atom is -0.494 e. The third kappa shape index (κ3) is 3.76. The van der Waals surface area contributed by atoms with Crippen molar-refractivity contribution in [2.45, 2.75) is 46.1 Å². The van der Waals surface area contributed by atoms with Crippen molar-refractivity contribution < 1.29 is 4.74 Å². The van der Waals surface area contributed by atoms with Crippen LogP contribution in [-0.2, 0) is 0 Å². The van der Waals surface area contributed by atoms with Gasteiger partial charge >= 0.3 is 0 Å². The van der Waals surface area contributed by atoms with Gasteiger partial charge in [-0.15, -0.1) is 0 Å². The number of hydrogen-bond acceptors (Lipinski definition) is 2. The Hall–Kier alpha value is -1.02. The zero-order valence-corrected chi connectivity index (χ0v) is 13.4. The Morgan fingerprint density at radius 3 is 2.20 bits per heavy atom. The molecule has 1 aliphatic carbocycles. The standard InChI is InChI=1S/C18H29NO/c1-5-20-17-8-6-15(7-9-17)18(19-4)16-11-13(2)10-14(3)12-16/h6-9,13-14,16,18-19H,5,10-12H2,1-4H3. The third-order valence-electron chi connectivity index (χ3n) is 4.55. The summed E-state index contributed by atoms with van der Waals surface area (Å²) in [6, 6.07) is 9.10. The first-order valence-corrected chi connectivity index (χ1v) is 8.04. The van der Waals surface area contributed by atoms with E-state index in [4.69, 9.17) is 4.74 Å². The third-order valence-corrected chi connectivity index (χ3v) is 4.55. The van der Waals surface area contributed by atoms with E-state index in [0.717, 1.165) is 30.1 Å². The number of hydrogen-bond donors (Lipinski definition) is 1. The monoisotopic (exact) mass is 275 g/mol. The van der Waals surface area contributed by atoms with Crippen LogP contribution >= 0.6 is 0 Å². The van der Waals surface area contributed by atoms with E-state index in [-0.39, 0.29) is 0 Å². The van der Waals surface area contributed by atoms with Gasteiger partial charge < -0.3 is 10.1 Å². The Balaban J connectivity index is 2.10. The average Bonchev–Trinajstić information content (AvgIpc) is 2.41. The normalized spacial score (nSPS) is 28.1. The van der Waals surface area contributed by atoms with Crippen LogP contribution < -0.4 is 10.1 Å². The molecule has 2 rings (SSSR count). The second-order valence-corrected chi connectivity index (χ2v) is 6.45. The van der Waals surface area contributed by atoms with Crippen molar-refractivity contribution in [3.05, 3.63) is 29.8 Å². The lowest BCUT2D eigenvalue weighted by atomic mass is 9.72. The van der Waals surface area contributed by atoms with E-state index >= 15 is 0 Å². The molecule has 0 amide bonds. The van der Waals surface area contributed by atoms with E-state index in [1.807, 2.05) is 6.92 Å². The van der Waals surface area contributed by atoms with E-state index in [0.29, 0.717) is 6.04 Å². The van der Waals surface area contributed by atoms with Crippen LogP contribution in [0.1, 0.15) is 51.6 Å². The summed E-state index contributed by atoms with van der Waals surface area (Å²) in [6.45, 7) is 7.54. The number of nitrogens with one attached hydrogen (secondary N) is 1. The predicted octanol–water partition coefficient (Wildman–Crippen LogP) is 4.42. The Morgan fingerprint density at radius 2 is 1.70 bits per heavy atom. The molecule has 0 aliphatic heterocycles. The lowest BCUT2D eigenvalue weighted by Crippen LogP contribution is -2.31. The summed E-state index contributed by atoms with van der Waals surface area (Å²) in [6.07, 6.45) is 4.06. The summed E-state index contributed by atoms with van der Waals surface area (Å²) < 4.78 is 5.53. The molecule has 1 N–H and O–H groups in total. The van der Waals surface area contributed by atoms with E-state index in [2.05, 4.69) is 50.5 Å². The fourth-order valence-corrected chi connectivity index (χ4v) is 3.89. The maximum absolute atomic E-state index is 5.53. The molecule has 0 saturated heterocycles. The quantitative estimate of drug-likeness (QED) is 0.859. The average molecular weight is 275 g/mol. The van der Waals surface area contributed by atoms with Gasteiger partial charge in [0.2, 0.25) is 0 Å². The molecule has 1 aromatic carbocycles. The fourth-order valence-electron chi connectivity index (χ4n) is 3.89. The minimum absolute atomic E-state index is 0.468. The molecule has 1 aliphatic rings. The van der Waals surface area contributed by atoms with E-state index in [1.54, 1.807) is 0 Å². The smallest absolute Gasteiger partial charge is 0.119 e. The molecule has 0 bridgehead atoms. The summed E-state index contributed by atoms with van der Waals surface area (Å²) in [4.78, 5) is 0. The SMILES string of the molecule is CCOc1ccc(C(NC)C2CC(C)CC(C)C2)cc1. The molecule has 0 heterocycles. The van der Waals surface area contributed by atoms with E-state index in [1.165, 1.54) is 24.8 Å². The summed E-state index contributed by atoms with van der Waals surface area (Å²) in [5, 5.41) is 3.54. The first kappa shape index (κ1) is 15.4. The van der Waals surface area contributed by atoms with Gasteiger partial charge in [-0.2, -0.15) is 0 Å². The first-order chi connectivity index (χ1) is 9.63. The zero-order valence-electron chi connectivity index (χ0n) is 13.4. The van der Waals surface area contributed by atoms with Gasteiger partial charge in [0.15, 0.2) is 0 Å². The highest BCUT2D eigenvalue weighted by molar-refractivity contribution is 5.29. The van der Waals surface area contributed by atoms with Crippen LogP contribution in [0.25, 0.3) is 0 Å². The molecule has 1 aromatic rings. The van der Waals surface area contributed by atoms with Crippen LogP contribution in [0.3, 0.4) is 0 Å². The van der Waals surface area contributed by atoms with Crippen LogP contribution in [0.2, 0.25) is 0 Å². The Kier molecular flexibility index (Phi) is 5.47. The summed E-state index contributed by atoms with van der Waals surface area (Å²) in [5.74, 6) is 3.41. The zero-order chi connectivity index (χ0) is 14.5. The maximum atomic E-state index is 5.53. The van der Waals surface area contributed by atoms with Crippen molar-refractivity contribution in [1.82, 2.24) is 5.32 Å². The van der Waals surface area contributed by atoms with Gasteiger partial charge in [-0.05, 0) is 68.7 Å². The molecule has 112 valence electrons. The van der Waals surface area contributed by atoms with Crippen LogP contribution in [0.5, 0.6) is 5.75 Å². The second-order valence-electron chi connectivity index (χ2n) is 6.45. The van der Waals surface area contributed by atoms with Gasteiger partial charge in [-0.1, -0.05) is 26.0 Å². The fraction of sp³-hybridized carbons (Fsp3) is 0.667. The lowest BCUT2D eigenvalue weighted by molar-refractivity contribution is 0.180. The molecule has 0 spiro atoms. The summed E-state index contributed by atoms with van der Waals surface area (Å²) >= 11 is 0. The molecule has 3 atom stereocenters. The van der Waals surface area contributed by atoms with Gasteiger partial charge in [0.1, 0.15) is 5.75 Å². The van der Waals surface area contributed by atoms with Crippen LogP contribution in [0.4, 0.5) is 0 Å². The molecular weight excluding hydrogens is 246 g/mol. The Labute approximate surface area is 123 Å². The summed E-state index contributed by atoms with van der Waals surface area (Å²) in [7, 11) is 2.09. The molecule has 1 saturated carbocycles. The Bertz CT molecular complexity index is 390. The second kappa shape index (κ2) is 7.12. The number of benzene rings is 1. The summed E-state index contributed by atoms with van der Waals surface area (Å²) in [5.41, 5.74) is 1.39. The van der Waals surface area contributed by atoms with Crippen molar-refractivity contribution in [2.24, 2.45) is 17.8 Å². The van der Waals surface area contributed by atoms with Gasteiger partial charge in [-0.25, -0.2) is 0 Å². The van der Waals surface area contributed by atoms with E-state index in [9.17, 15) is 0 Å². The van der Waals surface area contributed by atoms with Crippen molar-refractivity contribution in [2.75, 3.05) is 13.7 Å². The van der Waals surface area contributed by atoms with Crippen molar-refractivity contribution >= 4 is 0 Å². The van der Waals surface area contributed by atoms with Gasteiger partial charge in [0.25, 0.3) is 0 Å². The topological polar surface area (TPSA) is 21.3 Å². The molecule has 20 heavy (non-hydrogen) atoms. The Morgan fingerprint density at radius 1 is 1.10 bits per heavy atom. The van der Waals surface area contributed by atoms with Crippen LogP contribution in [0, 0.1) is 17.8 Å². The predicted molar refractivity (Wildman–Crippen MR) is 85.1 cm³/mol. The molecule has 1 fully saturated rings. The van der Waals surface area contributed by atoms with Crippen molar-refractivity contribution in [3.63, 3.8) is 0 Å². The first-order valence-electron chi connectivity index (χ1n) is 8.04. The molecular formula is C18H29NO. The van der Waals surface area contributed by atoms with Crippen LogP contribution in [0.15, 0.2) is 24.3 Å². The molecule has 0 aromatic heterocycles. The van der Waals surface area contributed by atoms with Gasteiger partial charge in [0.05, 0.1) is 6.61 Å². The molecule has 2 heteroatoms. The van der Waals surface area contributed by atoms with Gasteiger partial charge in [0, 0.05) is 6.04 Å². The highest BCUT2D eigenvalue weighted by atomic mass is 16.5.